The highest BCUT2D eigenvalue weighted by Gasteiger charge is 2.33. The van der Waals surface area contributed by atoms with Gasteiger partial charge in [-0.05, 0) is 31.2 Å². The van der Waals surface area contributed by atoms with Crippen molar-refractivity contribution in [3.8, 4) is 0 Å². The molecule has 5 nitrogen and oxygen atoms in total. The molecule has 0 saturated carbocycles. The summed E-state index contributed by atoms with van der Waals surface area (Å²) in [5, 5.41) is 13.2. The molecule has 0 radical (unpaired) electrons. The zero-order valence-electron chi connectivity index (χ0n) is 12.1. The van der Waals surface area contributed by atoms with Gasteiger partial charge in [-0.15, -0.1) is 0 Å². The second kappa shape index (κ2) is 6.60. The SMILES string of the molecule is Cc1c(C(=O)Nc2ccc(Br)c(C(F)(F)F)c2)cccc1[N+](=O)[O-]. The Labute approximate surface area is 142 Å². The van der Waals surface area contributed by atoms with Gasteiger partial charge in [0.15, 0.2) is 0 Å². The van der Waals surface area contributed by atoms with Crippen LogP contribution in [0, 0.1) is 17.0 Å². The van der Waals surface area contributed by atoms with Crippen molar-refractivity contribution < 1.29 is 22.9 Å². The van der Waals surface area contributed by atoms with Crippen LogP contribution in [0.4, 0.5) is 24.5 Å². The van der Waals surface area contributed by atoms with Crippen molar-refractivity contribution in [1.82, 2.24) is 0 Å². The molecule has 0 fully saturated rings. The Balaban J connectivity index is 2.35. The molecule has 2 aromatic carbocycles. The van der Waals surface area contributed by atoms with Crippen LogP contribution in [0.15, 0.2) is 40.9 Å². The fourth-order valence-corrected chi connectivity index (χ4v) is 2.56. The lowest BCUT2D eigenvalue weighted by Gasteiger charge is -2.12. The third kappa shape index (κ3) is 3.73. The number of hydrogen-bond donors (Lipinski definition) is 1. The molecule has 0 aliphatic rings. The Bertz CT molecular complexity index is 822. The number of nitrogens with one attached hydrogen (secondary N) is 1. The minimum Gasteiger partial charge on any atom is -0.322 e. The Morgan fingerprint density at radius 2 is 1.92 bits per heavy atom. The van der Waals surface area contributed by atoms with Gasteiger partial charge in [-0.25, -0.2) is 0 Å². The molecule has 1 N–H and O–H groups in total. The van der Waals surface area contributed by atoms with Crippen molar-refractivity contribution in [2.24, 2.45) is 0 Å². The van der Waals surface area contributed by atoms with Crippen molar-refractivity contribution in [3.63, 3.8) is 0 Å². The lowest BCUT2D eigenvalue weighted by atomic mass is 10.1. The minimum absolute atomic E-state index is 0.0145. The van der Waals surface area contributed by atoms with Gasteiger partial charge in [-0.2, -0.15) is 13.2 Å². The zero-order valence-corrected chi connectivity index (χ0v) is 13.7. The van der Waals surface area contributed by atoms with E-state index in [0.717, 1.165) is 6.07 Å². The Kier molecular flexibility index (Phi) is 4.93. The van der Waals surface area contributed by atoms with Gasteiger partial charge in [0.25, 0.3) is 11.6 Å². The molecule has 0 saturated heterocycles. The van der Waals surface area contributed by atoms with Gasteiger partial charge < -0.3 is 5.32 Å². The van der Waals surface area contributed by atoms with E-state index in [1.807, 2.05) is 0 Å². The number of rotatable bonds is 3. The van der Waals surface area contributed by atoms with Crippen molar-refractivity contribution in [1.29, 1.82) is 0 Å². The number of anilines is 1. The zero-order chi connectivity index (χ0) is 18.1. The molecule has 126 valence electrons. The normalized spacial score (nSPS) is 11.2. The fraction of sp³-hybridized carbons (Fsp3) is 0.133. The predicted octanol–water partition coefficient (Wildman–Crippen LogP) is 4.94. The first-order valence-electron chi connectivity index (χ1n) is 6.53. The van der Waals surface area contributed by atoms with E-state index in [0.29, 0.717) is 0 Å². The van der Waals surface area contributed by atoms with Crippen LogP contribution in [-0.4, -0.2) is 10.8 Å². The summed E-state index contributed by atoms with van der Waals surface area (Å²) in [6.07, 6.45) is -4.58. The quantitative estimate of drug-likeness (QED) is 0.583. The van der Waals surface area contributed by atoms with E-state index in [-0.39, 0.29) is 27.0 Å². The standard InChI is InChI=1S/C15H10BrF3N2O3/c1-8-10(3-2-4-13(8)21(23)24)14(22)20-9-5-6-12(16)11(7-9)15(17,18)19/h2-7H,1H3,(H,20,22). The van der Waals surface area contributed by atoms with E-state index in [2.05, 4.69) is 21.2 Å². The van der Waals surface area contributed by atoms with Gasteiger partial charge in [0.1, 0.15) is 0 Å². The van der Waals surface area contributed by atoms with Crippen LogP contribution in [-0.2, 0) is 6.18 Å². The van der Waals surface area contributed by atoms with Crippen LogP contribution in [0.25, 0.3) is 0 Å². The highest BCUT2D eigenvalue weighted by atomic mass is 79.9. The molecule has 2 rings (SSSR count). The summed E-state index contributed by atoms with van der Waals surface area (Å²) in [5.74, 6) is -0.730. The highest BCUT2D eigenvalue weighted by Crippen LogP contribution is 2.36. The molecule has 0 bridgehead atoms. The number of nitro groups is 1. The summed E-state index contributed by atoms with van der Waals surface area (Å²) in [4.78, 5) is 22.5. The molecule has 24 heavy (non-hydrogen) atoms. The second-order valence-corrected chi connectivity index (χ2v) is 5.71. The van der Waals surface area contributed by atoms with Crippen molar-refractivity contribution in [3.05, 3.63) is 67.7 Å². The molecule has 0 aliphatic carbocycles. The average molecular weight is 403 g/mol. The molecule has 0 spiro atoms. The lowest BCUT2D eigenvalue weighted by molar-refractivity contribution is -0.385. The molecule has 0 heterocycles. The number of hydrogen-bond acceptors (Lipinski definition) is 3. The van der Waals surface area contributed by atoms with Crippen molar-refractivity contribution >= 4 is 33.2 Å². The highest BCUT2D eigenvalue weighted by molar-refractivity contribution is 9.10. The van der Waals surface area contributed by atoms with E-state index in [4.69, 9.17) is 0 Å². The monoisotopic (exact) mass is 402 g/mol. The summed E-state index contributed by atoms with van der Waals surface area (Å²) < 4.78 is 38.5. The number of nitro benzene ring substituents is 1. The van der Waals surface area contributed by atoms with Gasteiger partial charge >= 0.3 is 6.18 Å². The fourth-order valence-electron chi connectivity index (χ4n) is 2.09. The Morgan fingerprint density at radius 3 is 2.50 bits per heavy atom. The van der Waals surface area contributed by atoms with E-state index in [1.165, 1.54) is 37.3 Å². The van der Waals surface area contributed by atoms with Crippen LogP contribution in [0.1, 0.15) is 21.5 Å². The van der Waals surface area contributed by atoms with E-state index < -0.39 is 22.6 Å². The Morgan fingerprint density at radius 1 is 1.25 bits per heavy atom. The number of amides is 1. The summed E-state index contributed by atoms with van der Waals surface area (Å²) in [5.41, 5.74) is -1.10. The summed E-state index contributed by atoms with van der Waals surface area (Å²) in [6.45, 7) is 1.40. The molecule has 0 aliphatic heterocycles. The maximum atomic E-state index is 12.9. The van der Waals surface area contributed by atoms with E-state index >= 15 is 0 Å². The number of carbonyl (C=O) groups is 1. The topological polar surface area (TPSA) is 72.2 Å². The number of halogens is 4. The second-order valence-electron chi connectivity index (χ2n) is 4.85. The van der Waals surface area contributed by atoms with Gasteiger partial charge in [0, 0.05) is 27.4 Å². The largest absolute Gasteiger partial charge is 0.417 e. The van der Waals surface area contributed by atoms with Crippen LogP contribution in [0.5, 0.6) is 0 Å². The van der Waals surface area contributed by atoms with Gasteiger partial charge in [0.2, 0.25) is 0 Å². The minimum atomic E-state index is -4.58. The molecular formula is C15H10BrF3N2O3. The van der Waals surface area contributed by atoms with Crippen LogP contribution in [0.2, 0.25) is 0 Å². The number of alkyl halides is 3. The maximum Gasteiger partial charge on any atom is 0.417 e. The molecule has 0 aromatic heterocycles. The number of nitrogens with zero attached hydrogens (tertiary/aromatic N) is 1. The van der Waals surface area contributed by atoms with Crippen LogP contribution < -0.4 is 5.32 Å². The first-order valence-corrected chi connectivity index (χ1v) is 7.32. The maximum absolute atomic E-state index is 12.9. The van der Waals surface area contributed by atoms with Crippen molar-refractivity contribution in [2.45, 2.75) is 13.1 Å². The molecule has 0 atom stereocenters. The first-order chi connectivity index (χ1) is 11.1. The predicted molar refractivity (Wildman–Crippen MR) is 84.9 cm³/mol. The third-order valence-electron chi connectivity index (χ3n) is 3.28. The van der Waals surface area contributed by atoms with E-state index in [1.54, 1.807) is 0 Å². The average Bonchev–Trinajstić information content (AvgIpc) is 2.47. The van der Waals surface area contributed by atoms with E-state index in [9.17, 15) is 28.1 Å². The van der Waals surface area contributed by atoms with Crippen molar-refractivity contribution in [2.75, 3.05) is 5.32 Å². The van der Waals surface area contributed by atoms with Gasteiger partial charge in [-0.1, -0.05) is 22.0 Å². The summed E-state index contributed by atoms with van der Waals surface area (Å²) in [7, 11) is 0. The molecule has 1 amide bonds. The molecule has 0 unspecified atom stereocenters. The van der Waals surface area contributed by atoms with Gasteiger partial charge in [0.05, 0.1) is 10.5 Å². The molecule has 2 aromatic rings. The van der Waals surface area contributed by atoms with Gasteiger partial charge in [-0.3, -0.25) is 14.9 Å². The Hall–Kier alpha value is -2.42. The smallest absolute Gasteiger partial charge is 0.322 e. The number of benzene rings is 2. The third-order valence-corrected chi connectivity index (χ3v) is 3.97. The van der Waals surface area contributed by atoms with Crippen LogP contribution in [0.3, 0.4) is 0 Å². The summed E-state index contributed by atoms with van der Waals surface area (Å²) in [6, 6.07) is 7.19. The lowest BCUT2D eigenvalue weighted by Crippen LogP contribution is -2.15. The molecular weight excluding hydrogens is 393 g/mol. The van der Waals surface area contributed by atoms with Crippen LogP contribution >= 0.6 is 15.9 Å². The number of carbonyl (C=O) groups excluding carboxylic acids is 1. The first kappa shape index (κ1) is 17.9. The molecule has 9 heteroatoms. The summed E-state index contributed by atoms with van der Waals surface area (Å²) >= 11 is 2.81.